The molecule has 0 unspecified atom stereocenters. The third-order valence-corrected chi connectivity index (χ3v) is 3.89. The molecule has 0 aliphatic carbocycles. The summed E-state index contributed by atoms with van der Waals surface area (Å²) in [6.45, 7) is 4.17. The highest BCUT2D eigenvalue weighted by atomic mass is 16.3. The van der Waals surface area contributed by atoms with E-state index >= 15 is 0 Å². The van der Waals surface area contributed by atoms with E-state index in [0.29, 0.717) is 11.5 Å². The van der Waals surface area contributed by atoms with Crippen molar-refractivity contribution in [3.05, 3.63) is 65.6 Å². The number of phenols is 1. The van der Waals surface area contributed by atoms with Gasteiger partial charge in [0.1, 0.15) is 5.75 Å². The summed E-state index contributed by atoms with van der Waals surface area (Å²) in [6, 6.07) is 12.2. The van der Waals surface area contributed by atoms with E-state index in [1.54, 1.807) is 30.5 Å². The average molecular weight is 336 g/mol. The number of aliphatic hydroxyl groups excluding tert-OH is 1. The van der Waals surface area contributed by atoms with Gasteiger partial charge in [-0.15, -0.1) is 0 Å². The Bertz CT molecular complexity index is 866. The summed E-state index contributed by atoms with van der Waals surface area (Å²) in [5.41, 5.74) is 4.32. The van der Waals surface area contributed by atoms with Gasteiger partial charge in [0.25, 0.3) is 0 Å². The molecule has 128 valence electrons. The highest BCUT2D eigenvalue weighted by Gasteiger charge is 2.10. The van der Waals surface area contributed by atoms with E-state index in [4.69, 9.17) is 0 Å². The van der Waals surface area contributed by atoms with Gasteiger partial charge in [-0.1, -0.05) is 12.1 Å². The number of aromatic nitrogens is 3. The summed E-state index contributed by atoms with van der Waals surface area (Å²) < 4.78 is 0. The van der Waals surface area contributed by atoms with E-state index in [-0.39, 0.29) is 12.3 Å². The summed E-state index contributed by atoms with van der Waals surface area (Å²) in [6.07, 6.45) is 0.951. The molecule has 6 nitrogen and oxygen atoms in total. The Kier molecular flexibility index (Phi) is 4.90. The van der Waals surface area contributed by atoms with Crippen molar-refractivity contribution in [2.24, 2.45) is 0 Å². The van der Waals surface area contributed by atoms with Crippen molar-refractivity contribution in [3.63, 3.8) is 0 Å². The number of anilines is 1. The SMILES string of the molecule is Cc1ccc(-c2ccnc(NC[C@H](O)c3ccc(O)cc3)n2)c(C)n1. The van der Waals surface area contributed by atoms with E-state index < -0.39 is 6.10 Å². The Hall–Kier alpha value is -2.99. The van der Waals surface area contributed by atoms with Crippen LogP contribution < -0.4 is 5.32 Å². The lowest BCUT2D eigenvalue weighted by Crippen LogP contribution is -2.14. The Balaban J connectivity index is 1.72. The van der Waals surface area contributed by atoms with Crippen molar-refractivity contribution in [1.29, 1.82) is 0 Å². The summed E-state index contributed by atoms with van der Waals surface area (Å²) in [5.74, 6) is 0.609. The zero-order valence-electron chi connectivity index (χ0n) is 14.1. The van der Waals surface area contributed by atoms with Gasteiger partial charge in [0, 0.05) is 29.7 Å². The standard InChI is InChI=1S/C19H20N4O2/c1-12-3-8-16(13(2)22-12)17-9-10-20-19(23-17)21-11-18(25)14-4-6-15(24)7-5-14/h3-10,18,24-25H,11H2,1-2H3,(H,20,21,23)/t18-/m0/s1. The summed E-state index contributed by atoms with van der Waals surface area (Å²) >= 11 is 0. The van der Waals surface area contributed by atoms with Gasteiger partial charge in [-0.2, -0.15) is 0 Å². The van der Waals surface area contributed by atoms with Crippen molar-refractivity contribution in [1.82, 2.24) is 15.0 Å². The topological polar surface area (TPSA) is 91.2 Å². The number of pyridine rings is 1. The molecule has 3 N–H and O–H groups in total. The molecule has 0 bridgehead atoms. The molecule has 2 aromatic heterocycles. The van der Waals surface area contributed by atoms with Crippen LogP contribution in [0.2, 0.25) is 0 Å². The van der Waals surface area contributed by atoms with E-state index in [9.17, 15) is 10.2 Å². The maximum Gasteiger partial charge on any atom is 0.223 e. The molecule has 6 heteroatoms. The summed E-state index contributed by atoms with van der Waals surface area (Å²) in [5, 5.41) is 22.6. The van der Waals surface area contributed by atoms with Crippen molar-refractivity contribution in [2.45, 2.75) is 20.0 Å². The number of aliphatic hydroxyl groups is 1. The number of aromatic hydroxyl groups is 1. The van der Waals surface area contributed by atoms with Crippen LogP contribution in [0.4, 0.5) is 5.95 Å². The van der Waals surface area contributed by atoms with Crippen LogP contribution in [0.15, 0.2) is 48.7 Å². The van der Waals surface area contributed by atoms with Crippen molar-refractivity contribution >= 4 is 5.95 Å². The molecule has 0 aliphatic heterocycles. The predicted octanol–water partition coefficient (Wildman–Crippen LogP) is 3.01. The minimum absolute atomic E-state index is 0.169. The van der Waals surface area contributed by atoms with Gasteiger partial charge >= 0.3 is 0 Å². The third-order valence-electron chi connectivity index (χ3n) is 3.89. The molecule has 0 aliphatic rings. The van der Waals surface area contributed by atoms with E-state index in [1.165, 1.54) is 0 Å². The fraction of sp³-hybridized carbons (Fsp3) is 0.211. The highest BCUT2D eigenvalue weighted by Crippen LogP contribution is 2.21. The normalized spacial score (nSPS) is 12.0. The van der Waals surface area contributed by atoms with Gasteiger partial charge in [-0.05, 0) is 49.7 Å². The van der Waals surface area contributed by atoms with Crippen LogP contribution in [0, 0.1) is 13.8 Å². The quantitative estimate of drug-likeness (QED) is 0.663. The van der Waals surface area contributed by atoms with Crippen LogP contribution in [-0.2, 0) is 0 Å². The van der Waals surface area contributed by atoms with Crippen LogP contribution in [0.5, 0.6) is 5.75 Å². The molecule has 3 aromatic rings. The first-order valence-corrected chi connectivity index (χ1v) is 8.01. The molecule has 2 heterocycles. The lowest BCUT2D eigenvalue weighted by molar-refractivity contribution is 0.191. The lowest BCUT2D eigenvalue weighted by atomic mass is 10.1. The number of hydrogen-bond donors (Lipinski definition) is 3. The number of benzene rings is 1. The van der Waals surface area contributed by atoms with E-state index in [0.717, 1.165) is 22.6 Å². The van der Waals surface area contributed by atoms with Crippen LogP contribution >= 0.6 is 0 Å². The molecule has 0 radical (unpaired) electrons. The summed E-state index contributed by atoms with van der Waals surface area (Å²) in [4.78, 5) is 13.2. The van der Waals surface area contributed by atoms with Crippen LogP contribution in [-0.4, -0.2) is 31.7 Å². The molecule has 3 rings (SSSR count). The van der Waals surface area contributed by atoms with Crippen LogP contribution in [0.1, 0.15) is 23.1 Å². The largest absolute Gasteiger partial charge is 0.508 e. The number of aryl methyl sites for hydroxylation is 2. The molecule has 1 aromatic carbocycles. The number of rotatable bonds is 5. The second kappa shape index (κ2) is 7.27. The monoisotopic (exact) mass is 336 g/mol. The molecule has 1 atom stereocenters. The van der Waals surface area contributed by atoms with Gasteiger partial charge in [-0.25, -0.2) is 9.97 Å². The molecule has 0 fully saturated rings. The molecule has 0 amide bonds. The smallest absolute Gasteiger partial charge is 0.223 e. The third kappa shape index (κ3) is 4.10. The highest BCUT2D eigenvalue weighted by molar-refractivity contribution is 5.62. The predicted molar refractivity (Wildman–Crippen MR) is 96.3 cm³/mol. The molecule has 0 saturated heterocycles. The second-order valence-corrected chi connectivity index (χ2v) is 5.84. The summed E-state index contributed by atoms with van der Waals surface area (Å²) in [7, 11) is 0. The Morgan fingerprint density at radius 2 is 1.76 bits per heavy atom. The zero-order valence-corrected chi connectivity index (χ0v) is 14.1. The van der Waals surface area contributed by atoms with Gasteiger partial charge < -0.3 is 15.5 Å². The minimum atomic E-state index is -0.726. The number of hydrogen-bond acceptors (Lipinski definition) is 6. The maximum atomic E-state index is 10.2. The van der Waals surface area contributed by atoms with Gasteiger partial charge in [0.05, 0.1) is 11.8 Å². The average Bonchev–Trinajstić information content (AvgIpc) is 2.60. The second-order valence-electron chi connectivity index (χ2n) is 5.84. The molecule has 25 heavy (non-hydrogen) atoms. The first-order valence-electron chi connectivity index (χ1n) is 8.01. The van der Waals surface area contributed by atoms with Crippen LogP contribution in [0.25, 0.3) is 11.3 Å². The lowest BCUT2D eigenvalue weighted by Gasteiger charge is -2.13. The minimum Gasteiger partial charge on any atom is -0.508 e. The first-order chi connectivity index (χ1) is 12.0. The van der Waals surface area contributed by atoms with Gasteiger partial charge in [0.2, 0.25) is 5.95 Å². The fourth-order valence-electron chi connectivity index (χ4n) is 2.55. The number of nitrogens with one attached hydrogen (secondary N) is 1. The maximum absolute atomic E-state index is 10.2. The van der Waals surface area contributed by atoms with Gasteiger partial charge in [0.15, 0.2) is 0 Å². The van der Waals surface area contributed by atoms with Crippen LogP contribution in [0.3, 0.4) is 0 Å². The first kappa shape index (κ1) is 16.9. The molecular weight excluding hydrogens is 316 g/mol. The zero-order chi connectivity index (χ0) is 17.8. The van der Waals surface area contributed by atoms with E-state index in [2.05, 4.69) is 20.3 Å². The van der Waals surface area contributed by atoms with E-state index in [1.807, 2.05) is 32.0 Å². The van der Waals surface area contributed by atoms with Crippen molar-refractivity contribution in [2.75, 3.05) is 11.9 Å². The Labute approximate surface area is 146 Å². The molecular formula is C19H20N4O2. The number of nitrogens with zero attached hydrogens (tertiary/aromatic N) is 3. The van der Waals surface area contributed by atoms with Gasteiger partial charge in [-0.3, -0.25) is 4.98 Å². The fourth-order valence-corrected chi connectivity index (χ4v) is 2.55. The Morgan fingerprint density at radius 3 is 2.48 bits per heavy atom. The molecule has 0 spiro atoms. The number of phenolic OH excluding ortho intramolecular Hbond substituents is 1. The Morgan fingerprint density at radius 1 is 1.00 bits per heavy atom. The van der Waals surface area contributed by atoms with Crippen molar-refractivity contribution < 1.29 is 10.2 Å². The van der Waals surface area contributed by atoms with Crippen molar-refractivity contribution in [3.8, 4) is 17.0 Å². The molecule has 0 saturated carbocycles.